The number of carbonyl (C=O) groups excluding carboxylic acids is 1. The van der Waals surface area contributed by atoms with Gasteiger partial charge in [-0.15, -0.1) is 5.10 Å². The maximum atomic E-state index is 12.3. The zero-order valence-corrected chi connectivity index (χ0v) is 11.6. The minimum atomic E-state index is -1.13. The Labute approximate surface area is 121 Å². The number of amides is 1. The predicted molar refractivity (Wildman–Crippen MR) is 71.5 cm³/mol. The van der Waals surface area contributed by atoms with Crippen LogP contribution in [0.4, 0.5) is 0 Å². The lowest BCUT2D eigenvalue weighted by molar-refractivity contribution is -0.135. The molecule has 1 aromatic rings. The lowest BCUT2D eigenvalue weighted by Gasteiger charge is -2.34. The molecule has 21 heavy (non-hydrogen) atoms. The van der Waals surface area contributed by atoms with E-state index in [0.29, 0.717) is 39.1 Å². The number of aromatic nitrogens is 3. The number of carboxylic acids is 1. The Morgan fingerprint density at radius 3 is 2.76 bits per heavy atom. The average molecular weight is 297 g/mol. The van der Waals surface area contributed by atoms with E-state index in [0.717, 1.165) is 0 Å². The third kappa shape index (κ3) is 3.56. The summed E-state index contributed by atoms with van der Waals surface area (Å²) in [4.78, 5) is 22.9. The van der Waals surface area contributed by atoms with Crippen molar-refractivity contribution in [1.82, 2.24) is 20.3 Å². The van der Waals surface area contributed by atoms with Crippen molar-refractivity contribution in [2.45, 2.75) is 19.4 Å². The molecule has 0 atom stereocenters. The molecule has 0 unspecified atom stereocenters. The number of nitrogens with one attached hydrogen (secondary N) is 1. The SMILES string of the molecule is NCC1(C(=O)NCCn2cc(C(=O)O)nn2)CCOCC1. The number of carbonyl (C=O) groups is 2. The molecule has 1 aliphatic rings. The molecule has 1 fully saturated rings. The van der Waals surface area contributed by atoms with Gasteiger partial charge in [0.05, 0.1) is 18.2 Å². The van der Waals surface area contributed by atoms with Crippen LogP contribution in [0.3, 0.4) is 0 Å². The molecule has 1 amide bonds. The van der Waals surface area contributed by atoms with E-state index in [1.54, 1.807) is 0 Å². The maximum Gasteiger partial charge on any atom is 0.358 e. The summed E-state index contributed by atoms with van der Waals surface area (Å²) in [7, 11) is 0. The van der Waals surface area contributed by atoms with E-state index in [-0.39, 0.29) is 18.1 Å². The number of rotatable bonds is 6. The molecule has 4 N–H and O–H groups in total. The van der Waals surface area contributed by atoms with Gasteiger partial charge >= 0.3 is 5.97 Å². The van der Waals surface area contributed by atoms with Crippen molar-refractivity contribution in [3.63, 3.8) is 0 Å². The smallest absolute Gasteiger partial charge is 0.358 e. The van der Waals surface area contributed by atoms with Crippen LogP contribution in [0.1, 0.15) is 23.3 Å². The third-order valence-corrected chi connectivity index (χ3v) is 3.71. The summed E-state index contributed by atoms with van der Waals surface area (Å²) in [6.07, 6.45) is 2.55. The van der Waals surface area contributed by atoms with Crippen LogP contribution in [-0.4, -0.2) is 58.3 Å². The van der Waals surface area contributed by atoms with Crippen LogP contribution in [-0.2, 0) is 16.1 Å². The van der Waals surface area contributed by atoms with Crippen LogP contribution in [0.15, 0.2) is 6.20 Å². The molecule has 2 rings (SSSR count). The summed E-state index contributed by atoms with van der Waals surface area (Å²) in [6.45, 7) is 2.05. The van der Waals surface area contributed by atoms with Crippen molar-refractivity contribution in [3.8, 4) is 0 Å². The molecule has 1 aliphatic heterocycles. The Hall–Kier alpha value is -2.00. The Bertz CT molecular complexity index is 510. The van der Waals surface area contributed by atoms with Crippen LogP contribution in [0, 0.1) is 5.41 Å². The van der Waals surface area contributed by atoms with Crippen LogP contribution < -0.4 is 11.1 Å². The molecule has 0 spiro atoms. The minimum Gasteiger partial charge on any atom is -0.476 e. The van der Waals surface area contributed by atoms with Gasteiger partial charge in [0.2, 0.25) is 5.91 Å². The zero-order valence-electron chi connectivity index (χ0n) is 11.6. The van der Waals surface area contributed by atoms with Gasteiger partial charge < -0.3 is 20.9 Å². The second-order valence-corrected chi connectivity index (χ2v) is 5.02. The second kappa shape index (κ2) is 6.64. The molecule has 0 bridgehead atoms. The largest absolute Gasteiger partial charge is 0.476 e. The van der Waals surface area contributed by atoms with Crippen molar-refractivity contribution in [2.75, 3.05) is 26.3 Å². The molecule has 0 radical (unpaired) electrons. The van der Waals surface area contributed by atoms with Crippen molar-refractivity contribution >= 4 is 11.9 Å². The first-order valence-corrected chi connectivity index (χ1v) is 6.77. The highest BCUT2D eigenvalue weighted by Gasteiger charge is 2.38. The van der Waals surface area contributed by atoms with Crippen molar-refractivity contribution < 1.29 is 19.4 Å². The van der Waals surface area contributed by atoms with E-state index in [1.165, 1.54) is 10.9 Å². The topological polar surface area (TPSA) is 132 Å². The molecule has 116 valence electrons. The number of nitrogens with two attached hydrogens (primary N) is 1. The summed E-state index contributed by atoms with van der Waals surface area (Å²) in [5.74, 6) is -1.22. The second-order valence-electron chi connectivity index (χ2n) is 5.02. The highest BCUT2D eigenvalue weighted by Crippen LogP contribution is 2.29. The Balaban J connectivity index is 1.84. The molecule has 9 nitrogen and oxygen atoms in total. The first-order chi connectivity index (χ1) is 10.1. The summed E-state index contributed by atoms with van der Waals surface area (Å²) in [5, 5.41) is 18.7. The van der Waals surface area contributed by atoms with Crippen LogP contribution in [0.5, 0.6) is 0 Å². The molecule has 1 aromatic heterocycles. The lowest BCUT2D eigenvalue weighted by Crippen LogP contribution is -2.49. The van der Waals surface area contributed by atoms with E-state index in [1.807, 2.05) is 0 Å². The monoisotopic (exact) mass is 297 g/mol. The first kappa shape index (κ1) is 15.4. The Morgan fingerprint density at radius 1 is 1.48 bits per heavy atom. The number of carboxylic acid groups (broad SMARTS) is 1. The van der Waals surface area contributed by atoms with Crippen LogP contribution >= 0.6 is 0 Å². The number of nitrogens with zero attached hydrogens (tertiary/aromatic N) is 3. The van der Waals surface area contributed by atoms with Gasteiger partial charge in [-0.2, -0.15) is 0 Å². The van der Waals surface area contributed by atoms with Gasteiger partial charge in [0.1, 0.15) is 0 Å². The Morgan fingerprint density at radius 2 is 2.19 bits per heavy atom. The molecule has 2 heterocycles. The Kier molecular flexibility index (Phi) is 4.86. The molecular formula is C12H19N5O4. The van der Waals surface area contributed by atoms with E-state index in [4.69, 9.17) is 15.6 Å². The minimum absolute atomic E-state index is 0.0909. The molecule has 0 aliphatic carbocycles. The van der Waals surface area contributed by atoms with Crippen molar-refractivity contribution in [3.05, 3.63) is 11.9 Å². The molecule has 9 heteroatoms. The van der Waals surface area contributed by atoms with Gasteiger partial charge in [0, 0.05) is 26.3 Å². The fourth-order valence-electron chi connectivity index (χ4n) is 2.26. The van der Waals surface area contributed by atoms with E-state index < -0.39 is 11.4 Å². The average Bonchev–Trinajstić information content (AvgIpc) is 2.97. The standard InChI is InChI=1S/C12H19N5O4/c13-8-12(1-5-21-6-2-12)11(20)14-3-4-17-7-9(10(18)19)15-16-17/h7H,1-6,8,13H2,(H,14,20)(H,18,19). The van der Waals surface area contributed by atoms with E-state index in [9.17, 15) is 9.59 Å². The number of ether oxygens (including phenoxy) is 1. The van der Waals surface area contributed by atoms with Gasteiger partial charge in [0.15, 0.2) is 5.69 Å². The summed E-state index contributed by atoms with van der Waals surface area (Å²) < 4.78 is 6.64. The van der Waals surface area contributed by atoms with Gasteiger partial charge in [0.25, 0.3) is 0 Å². The maximum absolute atomic E-state index is 12.3. The fraction of sp³-hybridized carbons (Fsp3) is 0.667. The molecule has 0 saturated carbocycles. The lowest BCUT2D eigenvalue weighted by atomic mass is 9.79. The van der Waals surface area contributed by atoms with E-state index >= 15 is 0 Å². The van der Waals surface area contributed by atoms with Crippen molar-refractivity contribution in [2.24, 2.45) is 11.1 Å². The molecule has 0 aromatic carbocycles. The first-order valence-electron chi connectivity index (χ1n) is 6.77. The normalized spacial score (nSPS) is 17.4. The van der Waals surface area contributed by atoms with E-state index in [2.05, 4.69) is 15.6 Å². The summed E-state index contributed by atoms with van der Waals surface area (Å²) >= 11 is 0. The summed E-state index contributed by atoms with van der Waals surface area (Å²) in [5.41, 5.74) is 5.07. The van der Waals surface area contributed by atoms with Gasteiger partial charge in [-0.1, -0.05) is 5.21 Å². The van der Waals surface area contributed by atoms with Crippen LogP contribution in [0.2, 0.25) is 0 Å². The quantitative estimate of drug-likeness (QED) is 0.603. The third-order valence-electron chi connectivity index (χ3n) is 3.71. The number of hydrogen-bond donors (Lipinski definition) is 3. The summed E-state index contributed by atoms with van der Waals surface area (Å²) in [6, 6.07) is 0. The van der Waals surface area contributed by atoms with Crippen LogP contribution in [0.25, 0.3) is 0 Å². The number of hydrogen-bond acceptors (Lipinski definition) is 6. The zero-order chi connectivity index (χ0) is 15.3. The highest BCUT2D eigenvalue weighted by atomic mass is 16.5. The molecular weight excluding hydrogens is 278 g/mol. The van der Waals surface area contributed by atoms with Crippen molar-refractivity contribution in [1.29, 1.82) is 0 Å². The predicted octanol–water partition coefficient (Wildman–Crippen LogP) is -1.15. The molecule has 1 saturated heterocycles. The van der Waals surface area contributed by atoms with Gasteiger partial charge in [-0.25, -0.2) is 9.48 Å². The fourth-order valence-corrected chi connectivity index (χ4v) is 2.26. The highest BCUT2D eigenvalue weighted by molar-refractivity contribution is 5.84. The number of aromatic carboxylic acids is 1. The van der Waals surface area contributed by atoms with Gasteiger partial charge in [-0.05, 0) is 12.8 Å². The van der Waals surface area contributed by atoms with Gasteiger partial charge in [-0.3, -0.25) is 4.79 Å².